The number of hydrogen-bond donors (Lipinski definition) is 2. The Hall–Kier alpha value is -2.96. The SMILES string of the molecule is O=c1c(C=Nc2ncn[nH]2)coc2ccc(O)cc12. The van der Waals surface area contributed by atoms with Crippen molar-refractivity contribution in [3.05, 3.63) is 46.6 Å². The van der Waals surface area contributed by atoms with Crippen molar-refractivity contribution in [1.82, 2.24) is 15.2 Å². The van der Waals surface area contributed by atoms with Gasteiger partial charge in [-0.15, -0.1) is 0 Å². The van der Waals surface area contributed by atoms with Crippen LogP contribution in [0.1, 0.15) is 5.56 Å². The standard InChI is InChI=1S/C12H8N4O3/c17-8-1-2-10-9(3-8)11(18)7(5-19-10)4-13-12-14-6-15-16-12/h1-6,17H,(H,14,15,16). The zero-order chi connectivity index (χ0) is 13.2. The minimum Gasteiger partial charge on any atom is -0.508 e. The van der Waals surface area contributed by atoms with E-state index in [0.717, 1.165) is 0 Å². The second-order valence-electron chi connectivity index (χ2n) is 3.77. The number of H-pyrrole nitrogens is 1. The van der Waals surface area contributed by atoms with Crippen molar-refractivity contribution in [2.75, 3.05) is 0 Å². The number of aromatic hydroxyl groups is 1. The molecule has 3 rings (SSSR count). The Morgan fingerprint density at radius 3 is 3.11 bits per heavy atom. The average molecular weight is 256 g/mol. The molecule has 2 heterocycles. The zero-order valence-corrected chi connectivity index (χ0v) is 9.57. The Bertz CT molecular complexity index is 805. The quantitative estimate of drug-likeness (QED) is 0.674. The van der Waals surface area contributed by atoms with Crippen LogP contribution >= 0.6 is 0 Å². The molecule has 0 bridgehead atoms. The second-order valence-corrected chi connectivity index (χ2v) is 3.77. The molecule has 3 aromatic rings. The molecule has 0 spiro atoms. The van der Waals surface area contributed by atoms with E-state index in [0.29, 0.717) is 11.0 Å². The van der Waals surface area contributed by atoms with Gasteiger partial charge in [-0.3, -0.25) is 4.79 Å². The molecule has 94 valence electrons. The lowest BCUT2D eigenvalue weighted by Crippen LogP contribution is -2.07. The number of nitrogens with one attached hydrogen (secondary N) is 1. The lowest BCUT2D eigenvalue weighted by Gasteiger charge is -1.98. The summed E-state index contributed by atoms with van der Waals surface area (Å²) in [6.45, 7) is 0. The average Bonchev–Trinajstić information content (AvgIpc) is 2.92. The molecular formula is C12H8N4O3. The lowest BCUT2D eigenvalue weighted by atomic mass is 10.2. The number of phenolic OH excluding ortho intramolecular Hbond substituents is 1. The largest absolute Gasteiger partial charge is 0.508 e. The Kier molecular flexibility index (Phi) is 2.57. The summed E-state index contributed by atoms with van der Waals surface area (Å²) >= 11 is 0. The first-order valence-corrected chi connectivity index (χ1v) is 5.38. The highest BCUT2D eigenvalue weighted by Gasteiger charge is 2.06. The van der Waals surface area contributed by atoms with Crippen LogP contribution in [0, 0.1) is 0 Å². The highest BCUT2D eigenvalue weighted by molar-refractivity contribution is 5.87. The molecule has 7 nitrogen and oxygen atoms in total. The van der Waals surface area contributed by atoms with Crippen molar-refractivity contribution < 1.29 is 9.52 Å². The van der Waals surface area contributed by atoms with Crippen LogP contribution in [0.3, 0.4) is 0 Å². The zero-order valence-electron chi connectivity index (χ0n) is 9.57. The van der Waals surface area contributed by atoms with E-state index in [4.69, 9.17) is 4.42 Å². The van der Waals surface area contributed by atoms with Gasteiger partial charge >= 0.3 is 0 Å². The van der Waals surface area contributed by atoms with Gasteiger partial charge in [0.25, 0.3) is 0 Å². The molecule has 0 aliphatic rings. The first-order valence-electron chi connectivity index (χ1n) is 5.38. The number of nitrogens with zero attached hydrogens (tertiary/aromatic N) is 3. The third-order valence-corrected chi connectivity index (χ3v) is 2.51. The number of phenols is 1. The maximum Gasteiger partial charge on any atom is 0.245 e. The van der Waals surface area contributed by atoms with Crippen LogP contribution in [0.4, 0.5) is 5.95 Å². The third kappa shape index (κ3) is 2.08. The first kappa shape index (κ1) is 11.1. The molecular weight excluding hydrogens is 248 g/mol. The van der Waals surface area contributed by atoms with Crippen molar-refractivity contribution in [3.63, 3.8) is 0 Å². The van der Waals surface area contributed by atoms with Crippen LogP contribution in [0.15, 0.2) is 45.0 Å². The number of hydrogen-bond acceptors (Lipinski definition) is 6. The maximum absolute atomic E-state index is 12.1. The van der Waals surface area contributed by atoms with E-state index in [-0.39, 0.29) is 22.7 Å². The van der Waals surface area contributed by atoms with Gasteiger partial charge in [0.2, 0.25) is 11.4 Å². The lowest BCUT2D eigenvalue weighted by molar-refractivity contribution is 0.475. The molecule has 0 aliphatic heterocycles. The first-order chi connectivity index (χ1) is 9.24. The van der Waals surface area contributed by atoms with Gasteiger partial charge in [0.15, 0.2) is 0 Å². The topological polar surface area (TPSA) is 104 Å². The predicted octanol–water partition coefficient (Wildman–Crippen LogP) is 1.37. The number of aliphatic imine (C=N–C) groups is 1. The Morgan fingerprint density at radius 2 is 2.32 bits per heavy atom. The fraction of sp³-hybridized carbons (Fsp3) is 0. The minimum atomic E-state index is -0.277. The van der Waals surface area contributed by atoms with Crippen LogP contribution in [-0.2, 0) is 0 Å². The summed E-state index contributed by atoms with van der Waals surface area (Å²) in [6.07, 6.45) is 3.95. The summed E-state index contributed by atoms with van der Waals surface area (Å²) in [5.74, 6) is 0.291. The highest BCUT2D eigenvalue weighted by Crippen LogP contribution is 2.17. The van der Waals surface area contributed by atoms with Crippen LogP contribution in [0.5, 0.6) is 5.75 Å². The van der Waals surface area contributed by atoms with Crippen LogP contribution < -0.4 is 5.43 Å². The molecule has 0 saturated heterocycles. The van der Waals surface area contributed by atoms with Gasteiger partial charge in [-0.2, -0.15) is 10.1 Å². The third-order valence-electron chi connectivity index (χ3n) is 2.51. The molecule has 7 heteroatoms. The smallest absolute Gasteiger partial charge is 0.245 e. The molecule has 0 fully saturated rings. The molecule has 0 aliphatic carbocycles. The highest BCUT2D eigenvalue weighted by atomic mass is 16.3. The molecule has 19 heavy (non-hydrogen) atoms. The van der Waals surface area contributed by atoms with Crippen molar-refractivity contribution in [3.8, 4) is 5.75 Å². The van der Waals surface area contributed by atoms with E-state index in [9.17, 15) is 9.90 Å². The predicted molar refractivity (Wildman–Crippen MR) is 67.8 cm³/mol. The monoisotopic (exact) mass is 256 g/mol. The van der Waals surface area contributed by atoms with Crippen LogP contribution in [0.25, 0.3) is 11.0 Å². The molecule has 0 amide bonds. The molecule has 0 atom stereocenters. The summed E-state index contributed by atoms with van der Waals surface area (Å²) in [4.78, 5) is 19.9. The molecule has 2 N–H and O–H groups in total. The molecule has 2 aromatic heterocycles. The van der Waals surface area contributed by atoms with Crippen LogP contribution in [0.2, 0.25) is 0 Å². The van der Waals surface area contributed by atoms with Gasteiger partial charge in [0.05, 0.1) is 10.9 Å². The van der Waals surface area contributed by atoms with E-state index in [1.54, 1.807) is 0 Å². The number of aromatic amines is 1. The Labute approximate surface area is 106 Å². The fourth-order valence-electron chi connectivity index (χ4n) is 1.62. The van der Waals surface area contributed by atoms with E-state index in [2.05, 4.69) is 20.2 Å². The Morgan fingerprint density at radius 1 is 1.42 bits per heavy atom. The maximum atomic E-state index is 12.1. The van der Waals surface area contributed by atoms with E-state index in [1.807, 2.05) is 0 Å². The van der Waals surface area contributed by atoms with E-state index in [1.165, 1.54) is 37.0 Å². The summed E-state index contributed by atoms with van der Waals surface area (Å²) in [5, 5.41) is 15.9. The van der Waals surface area contributed by atoms with E-state index >= 15 is 0 Å². The minimum absolute atomic E-state index is 0.00382. The summed E-state index contributed by atoms with van der Waals surface area (Å²) in [5.41, 5.74) is 0.384. The van der Waals surface area contributed by atoms with Crippen molar-refractivity contribution in [1.29, 1.82) is 0 Å². The van der Waals surface area contributed by atoms with E-state index < -0.39 is 0 Å². The fourth-order valence-corrected chi connectivity index (χ4v) is 1.62. The molecule has 0 radical (unpaired) electrons. The van der Waals surface area contributed by atoms with Crippen molar-refractivity contribution in [2.24, 2.45) is 4.99 Å². The van der Waals surface area contributed by atoms with Crippen molar-refractivity contribution in [2.45, 2.75) is 0 Å². The van der Waals surface area contributed by atoms with Gasteiger partial charge in [-0.1, -0.05) is 0 Å². The molecule has 1 aromatic carbocycles. The van der Waals surface area contributed by atoms with Gasteiger partial charge in [0.1, 0.15) is 23.9 Å². The number of fused-ring (bicyclic) bond motifs is 1. The summed E-state index contributed by atoms with van der Waals surface area (Å²) < 4.78 is 5.30. The molecule has 0 unspecified atom stereocenters. The Balaban J connectivity index is 2.10. The van der Waals surface area contributed by atoms with Crippen molar-refractivity contribution >= 4 is 23.1 Å². The molecule has 0 saturated carbocycles. The van der Waals surface area contributed by atoms with Gasteiger partial charge in [0, 0.05) is 6.21 Å². The van der Waals surface area contributed by atoms with Gasteiger partial charge < -0.3 is 9.52 Å². The second kappa shape index (κ2) is 4.37. The summed E-state index contributed by atoms with van der Waals surface area (Å²) in [6, 6.07) is 4.34. The summed E-state index contributed by atoms with van der Waals surface area (Å²) in [7, 11) is 0. The van der Waals surface area contributed by atoms with Gasteiger partial charge in [-0.25, -0.2) is 10.1 Å². The van der Waals surface area contributed by atoms with Gasteiger partial charge in [-0.05, 0) is 18.2 Å². The number of aromatic nitrogens is 3. The normalized spacial score (nSPS) is 11.4. The number of rotatable bonds is 2. The van der Waals surface area contributed by atoms with Crippen LogP contribution in [-0.4, -0.2) is 26.5 Å². The number of benzene rings is 1.